The van der Waals surface area contributed by atoms with E-state index in [1.54, 1.807) is 18.2 Å². The zero-order valence-corrected chi connectivity index (χ0v) is 14.4. The van der Waals surface area contributed by atoms with Crippen LogP contribution in [0.1, 0.15) is 13.8 Å². The number of hydrogen-bond acceptors (Lipinski definition) is 3. The lowest BCUT2D eigenvalue weighted by Crippen LogP contribution is -2.21. The van der Waals surface area contributed by atoms with Crippen LogP contribution in [0.2, 0.25) is 10.0 Å². The number of carbonyl (C=O) groups is 1. The van der Waals surface area contributed by atoms with Gasteiger partial charge in [-0.2, -0.15) is 0 Å². The zero-order chi connectivity index (χ0) is 16.8. The van der Waals surface area contributed by atoms with Gasteiger partial charge in [0, 0.05) is 16.8 Å². The molecule has 2 N–H and O–H groups in total. The molecule has 4 nitrogen and oxygen atoms in total. The molecular weight excluding hydrogens is 335 g/mol. The lowest BCUT2D eigenvalue weighted by molar-refractivity contribution is -0.114. The molecule has 0 heterocycles. The first-order chi connectivity index (χ1) is 10.9. The summed E-state index contributed by atoms with van der Waals surface area (Å²) >= 11 is 11.8. The van der Waals surface area contributed by atoms with Crippen LogP contribution in [0.15, 0.2) is 42.5 Å². The summed E-state index contributed by atoms with van der Waals surface area (Å²) in [5.74, 6) is 0.551. The normalized spacial score (nSPS) is 10.5. The van der Waals surface area contributed by atoms with Crippen LogP contribution in [0.25, 0.3) is 0 Å². The molecule has 2 rings (SSSR count). The molecule has 23 heavy (non-hydrogen) atoms. The van der Waals surface area contributed by atoms with Gasteiger partial charge in [-0.1, -0.05) is 29.3 Å². The van der Waals surface area contributed by atoms with Gasteiger partial charge in [0.25, 0.3) is 0 Å². The Morgan fingerprint density at radius 2 is 1.96 bits per heavy atom. The molecule has 0 aliphatic carbocycles. The standard InChI is InChI=1S/C17H18Cl2N2O2/c1-11(2)23-14-5-3-4-13(9-14)20-10-17(22)21-16-7-6-12(18)8-15(16)19/h3-9,11,20H,10H2,1-2H3,(H,21,22). The maximum atomic E-state index is 12.0. The molecule has 1 amide bonds. The molecule has 122 valence electrons. The summed E-state index contributed by atoms with van der Waals surface area (Å²) < 4.78 is 5.61. The molecule has 0 atom stereocenters. The molecule has 0 saturated carbocycles. The topological polar surface area (TPSA) is 50.4 Å². The van der Waals surface area contributed by atoms with Gasteiger partial charge in [0.05, 0.1) is 23.4 Å². The fraction of sp³-hybridized carbons (Fsp3) is 0.235. The number of ether oxygens (including phenoxy) is 1. The number of amides is 1. The second-order valence-corrected chi connectivity index (χ2v) is 6.06. The van der Waals surface area contributed by atoms with E-state index in [9.17, 15) is 4.79 Å². The number of rotatable bonds is 6. The first-order valence-electron chi connectivity index (χ1n) is 7.19. The van der Waals surface area contributed by atoms with Crippen molar-refractivity contribution in [3.05, 3.63) is 52.5 Å². The summed E-state index contributed by atoms with van der Waals surface area (Å²) in [6.45, 7) is 4.04. The van der Waals surface area contributed by atoms with Crippen molar-refractivity contribution in [1.29, 1.82) is 0 Å². The molecule has 2 aromatic carbocycles. The molecule has 0 spiro atoms. The first kappa shape index (κ1) is 17.4. The second kappa shape index (κ2) is 8.09. The number of anilines is 2. The van der Waals surface area contributed by atoms with Gasteiger partial charge in [0.1, 0.15) is 5.75 Å². The highest BCUT2D eigenvalue weighted by Gasteiger charge is 2.07. The Bertz CT molecular complexity index is 690. The summed E-state index contributed by atoms with van der Waals surface area (Å²) in [4.78, 5) is 12.0. The lowest BCUT2D eigenvalue weighted by Gasteiger charge is -2.12. The number of hydrogen-bond donors (Lipinski definition) is 2. The average Bonchev–Trinajstić information content (AvgIpc) is 2.48. The fourth-order valence-electron chi connectivity index (χ4n) is 1.92. The van der Waals surface area contributed by atoms with E-state index in [4.69, 9.17) is 27.9 Å². The van der Waals surface area contributed by atoms with Crippen molar-refractivity contribution >= 4 is 40.5 Å². The SMILES string of the molecule is CC(C)Oc1cccc(NCC(=O)Nc2ccc(Cl)cc2Cl)c1. The van der Waals surface area contributed by atoms with Gasteiger partial charge in [-0.25, -0.2) is 0 Å². The van der Waals surface area contributed by atoms with Crippen LogP contribution < -0.4 is 15.4 Å². The second-order valence-electron chi connectivity index (χ2n) is 5.22. The Kier molecular flexibility index (Phi) is 6.13. The molecule has 0 bridgehead atoms. The number of benzene rings is 2. The van der Waals surface area contributed by atoms with Gasteiger partial charge in [0.2, 0.25) is 5.91 Å². The van der Waals surface area contributed by atoms with E-state index in [2.05, 4.69) is 10.6 Å². The van der Waals surface area contributed by atoms with Crippen LogP contribution in [0.5, 0.6) is 5.75 Å². The van der Waals surface area contributed by atoms with Crippen LogP contribution in [-0.4, -0.2) is 18.6 Å². The summed E-state index contributed by atoms with van der Waals surface area (Å²) in [6, 6.07) is 12.4. The summed E-state index contributed by atoms with van der Waals surface area (Å²) in [5, 5.41) is 6.70. The van der Waals surface area contributed by atoms with Gasteiger partial charge >= 0.3 is 0 Å². The predicted molar refractivity (Wildman–Crippen MR) is 95.8 cm³/mol. The molecule has 0 unspecified atom stereocenters. The minimum absolute atomic E-state index is 0.0978. The molecule has 2 aromatic rings. The summed E-state index contributed by atoms with van der Waals surface area (Å²) in [5.41, 5.74) is 1.33. The molecule has 0 aliphatic heterocycles. The van der Waals surface area contributed by atoms with Crippen LogP contribution in [0.3, 0.4) is 0 Å². The minimum atomic E-state index is -0.204. The van der Waals surface area contributed by atoms with Crippen molar-refractivity contribution in [3.63, 3.8) is 0 Å². The molecular formula is C17H18Cl2N2O2. The maximum absolute atomic E-state index is 12.0. The Morgan fingerprint density at radius 1 is 1.17 bits per heavy atom. The fourth-order valence-corrected chi connectivity index (χ4v) is 2.37. The Labute approximate surface area is 145 Å². The largest absolute Gasteiger partial charge is 0.491 e. The number of halogens is 2. The maximum Gasteiger partial charge on any atom is 0.243 e. The quantitative estimate of drug-likeness (QED) is 0.782. The monoisotopic (exact) mass is 352 g/mol. The van der Waals surface area contributed by atoms with Crippen molar-refractivity contribution in [1.82, 2.24) is 0 Å². The number of carbonyl (C=O) groups excluding carboxylic acids is 1. The van der Waals surface area contributed by atoms with E-state index >= 15 is 0 Å². The summed E-state index contributed by atoms with van der Waals surface area (Å²) in [7, 11) is 0. The van der Waals surface area contributed by atoms with Crippen LogP contribution in [0, 0.1) is 0 Å². The van der Waals surface area contributed by atoms with E-state index in [1.165, 1.54) is 0 Å². The van der Waals surface area contributed by atoms with E-state index in [0.29, 0.717) is 15.7 Å². The average molecular weight is 353 g/mol. The summed E-state index contributed by atoms with van der Waals surface area (Å²) in [6.07, 6.45) is 0.0978. The lowest BCUT2D eigenvalue weighted by atomic mass is 10.3. The van der Waals surface area contributed by atoms with E-state index in [0.717, 1.165) is 11.4 Å². The van der Waals surface area contributed by atoms with Crippen LogP contribution in [0.4, 0.5) is 11.4 Å². The highest BCUT2D eigenvalue weighted by Crippen LogP contribution is 2.25. The smallest absolute Gasteiger partial charge is 0.243 e. The van der Waals surface area contributed by atoms with Crippen molar-refractivity contribution in [2.45, 2.75) is 20.0 Å². The zero-order valence-electron chi connectivity index (χ0n) is 12.9. The molecule has 6 heteroatoms. The van der Waals surface area contributed by atoms with Crippen molar-refractivity contribution < 1.29 is 9.53 Å². The van der Waals surface area contributed by atoms with E-state index in [1.807, 2.05) is 38.1 Å². The highest BCUT2D eigenvalue weighted by molar-refractivity contribution is 6.36. The molecule has 0 radical (unpaired) electrons. The van der Waals surface area contributed by atoms with Gasteiger partial charge < -0.3 is 15.4 Å². The molecule has 0 fully saturated rings. The molecule has 0 aliphatic rings. The third-order valence-corrected chi connectivity index (χ3v) is 3.41. The number of nitrogens with one attached hydrogen (secondary N) is 2. The van der Waals surface area contributed by atoms with Crippen molar-refractivity contribution in [2.75, 3.05) is 17.2 Å². The highest BCUT2D eigenvalue weighted by atomic mass is 35.5. The molecule has 0 saturated heterocycles. The predicted octanol–water partition coefficient (Wildman–Crippen LogP) is 4.83. The Morgan fingerprint density at radius 3 is 2.65 bits per heavy atom. The van der Waals surface area contributed by atoms with E-state index < -0.39 is 0 Å². The van der Waals surface area contributed by atoms with Crippen LogP contribution in [-0.2, 0) is 4.79 Å². The third-order valence-electron chi connectivity index (χ3n) is 2.86. The van der Waals surface area contributed by atoms with Gasteiger partial charge in [0.15, 0.2) is 0 Å². The first-order valence-corrected chi connectivity index (χ1v) is 7.95. The Balaban J connectivity index is 1.91. The van der Waals surface area contributed by atoms with Gasteiger partial charge in [-0.15, -0.1) is 0 Å². The van der Waals surface area contributed by atoms with Gasteiger partial charge in [-0.05, 0) is 44.2 Å². The third kappa shape index (κ3) is 5.66. The van der Waals surface area contributed by atoms with Crippen LogP contribution >= 0.6 is 23.2 Å². The van der Waals surface area contributed by atoms with Crippen molar-refractivity contribution in [2.24, 2.45) is 0 Å². The Hall–Kier alpha value is -1.91. The van der Waals surface area contributed by atoms with Crippen molar-refractivity contribution in [3.8, 4) is 5.75 Å². The molecule has 0 aromatic heterocycles. The van der Waals surface area contributed by atoms with Gasteiger partial charge in [-0.3, -0.25) is 4.79 Å². The van der Waals surface area contributed by atoms with E-state index in [-0.39, 0.29) is 18.6 Å². The minimum Gasteiger partial charge on any atom is -0.491 e.